The average molecular weight is 153 g/mol. The minimum Gasteiger partial charge on any atom is -0.370 e. The molecule has 0 bridgehead atoms. The number of hydrogen-bond donors (Lipinski definition) is 4. The van der Waals surface area contributed by atoms with E-state index in [1.165, 1.54) is 0 Å². The van der Waals surface area contributed by atoms with E-state index in [0.29, 0.717) is 0 Å². The SMILES string of the molecule is NC(N)=NCP(=O)(O)O. The van der Waals surface area contributed by atoms with Gasteiger partial charge in [-0.2, -0.15) is 0 Å². The lowest BCUT2D eigenvalue weighted by Crippen LogP contribution is -2.22. The molecule has 0 radical (unpaired) electrons. The summed E-state index contributed by atoms with van der Waals surface area (Å²) in [5.74, 6) is -0.321. The zero-order valence-electron chi connectivity index (χ0n) is 4.56. The molecule has 0 fully saturated rings. The molecule has 6 nitrogen and oxygen atoms in total. The van der Waals surface area contributed by atoms with Gasteiger partial charge in [-0.15, -0.1) is 0 Å². The normalized spacial score (nSPS) is 10.9. The van der Waals surface area contributed by atoms with E-state index in [-0.39, 0.29) is 5.96 Å². The molecule has 54 valence electrons. The van der Waals surface area contributed by atoms with Crippen LogP contribution in [0.25, 0.3) is 0 Å². The summed E-state index contributed by atoms with van der Waals surface area (Å²) in [5, 5.41) is 0. The molecule has 9 heavy (non-hydrogen) atoms. The Labute approximate surface area is 51.7 Å². The van der Waals surface area contributed by atoms with Crippen LogP contribution in [0.3, 0.4) is 0 Å². The van der Waals surface area contributed by atoms with Gasteiger partial charge in [0.25, 0.3) is 0 Å². The smallest absolute Gasteiger partial charge is 0.346 e. The number of guanidine groups is 1. The molecule has 7 heteroatoms. The van der Waals surface area contributed by atoms with Gasteiger partial charge in [-0.3, -0.25) is 4.57 Å². The first-order valence-electron chi connectivity index (χ1n) is 2.02. The van der Waals surface area contributed by atoms with Gasteiger partial charge in [0.2, 0.25) is 0 Å². The molecule has 0 aliphatic rings. The Bertz CT molecular complexity index is 156. The van der Waals surface area contributed by atoms with Crippen LogP contribution in [0.2, 0.25) is 0 Å². The fraction of sp³-hybridized carbons (Fsp3) is 0.500. The number of nitrogens with zero attached hydrogens (tertiary/aromatic N) is 1. The summed E-state index contributed by atoms with van der Waals surface area (Å²) >= 11 is 0. The lowest BCUT2D eigenvalue weighted by Gasteiger charge is -1.96. The molecule has 0 saturated heterocycles. The molecule has 0 aromatic heterocycles. The van der Waals surface area contributed by atoms with Crippen molar-refractivity contribution in [2.75, 3.05) is 6.29 Å². The van der Waals surface area contributed by atoms with E-state index < -0.39 is 13.9 Å². The summed E-state index contributed by atoms with van der Waals surface area (Å²) in [6.45, 7) is 0. The van der Waals surface area contributed by atoms with Crippen LogP contribution in [0, 0.1) is 0 Å². The maximum atomic E-state index is 10.0. The quantitative estimate of drug-likeness (QED) is 0.216. The molecule has 0 heterocycles. The minimum absolute atomic E-state index is 0.321. The van der Waals surface area contributed by atoms with Crippen molar-refractivity contribution >= 4 is 13.6 Å². The van der Waals surface area contributed by atoms with E-state index in [4.69, 9.17) is 21.3 Å². The highest BCUT2D eigenvalue weighted by molar-refractivity contribution is 7.51. The Morgan fingerprint density at radius 3 is 2.11 bits per heavy atom. The molecular weight excluding hydrogens is 145 g/mol. The van der Waals surface area contributed by atoms with Gasteiger partial charge >= 0.3 is 7.60 Å². The van der Waals surface area contributed by atoms with E-state index >= 15 is 0 Å². The molecule has 0 aliphatic carbocycles. The molecule has 0 saturated carbocycles. The fourth-order valence-corrected chi connectivity index (χ4v) is 0.521. The maximum absolute atomic E-state index is 10.0. The first-order chi connectivity index (χ1) is 3.92. The van der Waals surface area contributed by atoms with Crippen molar-refractivity contribution in [1.82, 2.24) is 0 Å². The molecule has 0 spiro atoms. The van der Waals surface area contributed by atoms with E-state index in [1.54, 1.807) is 0 Å². The summed E-state index contributed by atoms with van der Waals surface area (Å²) in [6.07, 6.45) is -0.644. The number of aliphatic imine (C=N–C) groups is 1. The van der Waals surface area contributed by atoms with E-state index in [9.17, 15) is 4.57 Å². The third kappa shape index (κ3) is 7.42. The zero-order valence-corrected chi connectivity index (χ0v) is 5.45. The lowest BCUT2D eigenvalue weighted by atomic mass is 11.1. The van der Waals surface area contributed by atoms with Crippen molar-refractivity contribution in [3.63, 3.8) is 0 Å². The largest absolute Gasteiger partial charge is 0.370 e. The molecule has 0 aliphatic heterocycles. The van der Waals surface area contributed by atoms with E-state index in [2.05, 4.69) is 4.99 Å². The van der Waals surface area contributed by atoms with Crippen LogP contribution in [-0.2, 0) is 4.57 Å². The molecule has 0 atom stereocenters. The summed E-state index contributed by atoms with van der Waals surface area (Å²) in [7, 11) is -4.07. The van der Waals surface area contributed by atoms with Crippen LogP contribution in [0.4, 0.5) is 0 Å². The monoisotopic (exact) mass is 153 g/mol. The Balaban J connectivity index is 3.79. The molecule has 0 amide bonds. The first-order valence-corrected chi connectivity index (χ1v) is 3.81. The second kappa shape index (κ2) is 2.82. The van der Waals surface area contributed by atoms with Crippen LogP contribution in [0.1, 0.15) is 0 Å². The maximum Gasteiger partial charge on any atom is 0.346 e. The van der Waals surface area contributed by atoms with E-state index in [1.807, 2.05) is 0 Å². The Morgan fingerprint density at radius 1 is 1.56 bits per heavy atom. The van der Waals surface area contributed by atoms with Gasteiger partial charge in [-0.25, -0.2) is 4.99 Å². The summed E-state index contributed by atoms with van der Waals surface area (Å²) in [6, 6.07) is 0. The van der Waals surface area contributed by atoms with Crippen molar-refractivity contribution in [2.45, 2.75) is 0 Å². The van der Waals surface area contributed by atoms with Gasteiger partial charge in [0, 0.05) is 0 Å². The van der Waals surface area contributed by atoms with Gasteiger partial charge in [0.1, 0.15) is 6.29 Å². The van der Waals surface area contributed by atoms with Gasteiger partial charge in [0.15, 0.2) is 5.96 Å². The van der Waals surface area contributed by atoms with Gasteiger partial charge in [-0.1, -0.05) is 0 Å². The van der Waals surface area contributed by atoms with Crippen LogP contribution < -0.4 is 11.5 Å². The van der Waals surface area contributed by atoms with Crippen molar-refractivity contribution < 1.29 is 14.4 Å². The number of hydrogen-bond acceptors (Lipinski definition) is 2. The predicted molar refractivity (Wildman–Crippen MR) is 32.7 cm³/mol. The predicted octanol–water partition coefficient (Wildman–Crippen LogP) is -1.60. The minimum atomic E-state index is -4.07. The van der Waals surface area contributed by atoms with Crippen molar-refractivity contribution in [1.29, 1.82) is 0 Å². The summed E-state index contributed by atoms with van der Waals surface area (Å²) < 4.78 is 10.0. The highest BCUT2D eigenvalue weighted by Gasteiger charge is 2.10. The topological polar surface area (TPSA) is 122 Å². The Kier molecular flexibility index (Phi) is 2.64. The van der Waals surface area contributed by atoms with Gasteiger partial charge < -0.3 is 21.3 Å². The molecule has 0 unspecified atom stereocenters. The fourth-order valence-electron chi connectivity index (χ4n) is 0.174. The van der Waals surface area contributed by atoms with Crippen LogP contribution >= 0.6 is 7.60 Å². The molecule has 0 aromatic carbocycles. The number of rotatable bonds is 2. The van der Waals surface area contributed by atoms with Crippen LogP contribution in [-0.4, -0.2) is 22.0 Å². The third-order valence-corrected chi connectivity index (χ3v) is 0.947. The lowest BCUT2D eigenvalue weighted by molar-refractivity contribution is 0.374. The standard InChI is InChI=1S/C2H8N3O3P/c3-2(4)5-1-9(6,7)8/h1H2,(H4,3,4,5)(H2,6,7,8). The second-order valence-electron chi connectivity index (χ2n) is 1.39. The molecule has 0 aromatic rings. The summed E-state index contributed by atoms with van der Waals surface area (Å²) in [4.78, 5) is 19.4. The third-order valence-electron chi connectivity index (χ3n) is 0.438. The summed E-state index contributed by atoms with van der Waals surface area (Å²) in [5.41, 5.74) is 9.57. The Morgan fingerprint density at radius 2 is 2.00 bits per heavy atom. The molecular formula is C2H8N3O3P. The first kappa shape index (κ1) is 8.42. The Hall–Kier alpha value is -0.580. The van der Waals surface area contributed by atoms with Crippen molar-refractivity contribution in [3.8, 4) is 0 Å². The van der Waals surface area contributed by atoms with Crippen LogP contribution in [0.5, 0.6) is 0 Å². The zero-order chi connectivity index (χ0) is 7.49. The van der Waals surface area contributed by atoms with Gasteiger partial charge in [-0.05, 0) is 0 Å². The van der Waals surface area contributed by atoms with E-state index in [0.717, 1.165) is 0 Å². The average Bonchev–Trinajstić information content (AvgIpc) is 1.59. The van der Waals surface area contributed by atoms with Crippen LogP contribution in [0.15, 0.2) is 4.99 Å². The van der Waals surface area contributed by atoms with Crippen molar-refractivity contribution in [2.24, 2.45) is 16.5 Å². The molecule has 6 N–H and O–H groups in total. The molecule has 0 rings (SSSR count). The second-order valence-corrected chi connectivity index (χ2v) is 3.00. The highest BCUT2D eigenvalue weighted by atomic mass is 31.2. The van der Waals surface area contributed by atoms with Crippen molar-refractivity contribution in [3.05, 3.63) is 0 Å². The van der Waals surface area contributed by atoms with Gasteiger partial charge in [0.05, 0.1) is 0 Å². The highest BCUT2D eigenvalue weighted by Crippen LogP contribution is 2.33. The number of nitrogens with two attached hydrogens (primary N) is 2.